The topological polar surface area (TPSA) is 167 Å². The second-order valence-corrected chi connectivity index (χ2v) is 11.8. The summed E-state index contributed by atoms with van der Waals surface area (Å²) in [5, 5.41) is 13.1. The van der Waals surface area contributed by atoms with Crippen molar-refractivity contribution in [2.45, 2.75) is 96.0 Å². The molecule has 1 aliphatic heterocycles. The largest absolute Gasteiger partial charge is 0.460 e. The number of likely N-dealkylation sites (N-methyl/N-ethyl adjacent to an activating group) is 1. The molecule has 3 aromatic rings. The van der Waals surface area contributed by atoms with Gasteiger partial charge in [0, 0.05) is 48.4 Å². The maximum Gasteiger partial charge on any atom is 0.308 e. The van der Waals surface area contributed by atoms with Crippen molar-refractivity contribution in [2.24, 2.45) is 5.73 Å². The lowest BCUT2D eigenvalue weighted by Crippen LogP contribution is -2.52. The van der Waals surface area contributed by atoms with Gasteiger partial charge >= 0.3 is 5.97 Å². The predicted molar refractivity (Wildman–Crippen MR) is 180 cm³/mol. The number of esters is 1. The van der Waals surface area contributed by atoms with E-state index in [9.17, 15) is 19.2 Å². The Morgan fingerprint density at radius 3 is 2.37 bits per heavy atom. The van der Waals surface area contributed by atoms with Gasteiger partial charge in [0.1, 0.15) is 12.1 Å². The summed E-state index contributed by atoms with van der Waals surface area (Å²) < 4.78 is 5.16. The maximum absolute atomic E-state index is 13.9. The van der Waals surface area contributed by atoms with Gasteiger partial charge in [-0.05, 0) is 57.0 Å². The zero-order chi connectivity index (χ0) is 32.2. The second-order valence-electron chi connectivity index (χ2n) is 11.8. The molecule has 3 amide bonds. The van der Waals surface area contributed by atoms with Gasteiger partial charge in [-0.2, -0.15) is 0 Å². The van der Waals surface area contributed by atoms with E-state index in [0.717, 1.165) is 34.9 Å². The molecule has 11 nitrogen and oxygen atoms in total. The van der Waals surface area contributed by atoms with Crippen LogP contribution in [0.25, 0.3) is 10.9 Å². The minimum Gasteiger partial charge on any atom is -0.460 e. The summed E-state index contributed by atoms with van der Waals surface area (Å²) in [5.74, 6) is -1.24. The highest BCUT2D eigenvalue weighted by Crippen LogP contribution is 2.20. The van der Waals surface area contributed by atoms with Gasteiger partial charge in [-0.3, -0.25) is 19.2 Å². The number of hydrogen-bond donors (Lipinski definition) is 6. The molecule has 1 saturated heterocycles. The first-order valence-electron chi connectivity index (χ1n) is 15.8. The van der Waals surface area contributed by atoms with Gasteiger partial charge < -0.3 is 36.7 Å². The number of unbranched alkanes of at least 4 members (excludes halogenated alkanes) is 1. The zero-order valence-electron chi connectivity index (χ0n) is 26.1. The number of H-pyrrole nitrogens is 1. The van der Waals surface area contributed by atoms with E-state index < -0.39 is 24.2 Å². The number of aromatic amines is 1. The Hall–Kier alpha value is -4.22. The molecule has 2 heterocycles. The summed E-state index contributed by atoms with van der Waals surface area (Å²) in [6.07, 6.45) is 4.73. The standard InChI is InChI=1S/C34H46N6O5.CH4/c1-22-29(20-33(43)45-22)39-31(41)18-25(12-8-9-15-35)38-34(44)30(17-24-21-37-28-14-7-6-13-27(24)28)40-32(42)19-26(36-2)16-23-10-4-3-5-11-23;/h3-7,10-11,13-14,21-22,25-26,29-30,36-37H,8-9,12,15-20,35H2,1-2H3,(H,38,44)(H,39,41)(H,40,42);1H4/t22-,25+,26+,29-,30-;/m1./s1. The van der Waals surface area contributed by atoms with Crippen molar-refractivity contribution < 1.29 is 23.9 Å². The number of para-hydroxylation sites is 1. The molecule has 0 unspecified atom stereocenters. The third-order valence-corrected chi connectivity index (χ3v) is 8.32. The molecular formula is C35H50N6O5. The summed E-state index contributed by atoms with van der Waals surface area (Å²) in [5.41, 5.74) is 8.66. The fourth-order valence-electron chi connectivity index (χ4n) is 5.78. The smallest absolute Gasteiger partial charge is 0.308 e. The Bertz CT molecular complexity index is 1430. The summed E-state index contributed by atoms with van der Waals surface area (Å²) in [7, 11) is 1.82. The number of nitrogens with one attached hydrogen (secondary N) is 5. The van der Waals surface area contributed by atoms with Gasteiger partial charge in [0.15, 0.2) is 0 Å². The van der Waals surface area contributed by atoms with E-state index in [1.54, 1.807) is 6.92 Å². The first-order chi connectivity index (χ1) is 21.7. The Morgan fingerprint density at radius 1 is 0.957 bits per heavy atom. The number of fused-ring (bicyclic) bond motifs is 1. The third-order valence-electron chi connectivity index (χ3n) is 8.32. The van der Waals surface area contributed by atoms with Crippen molar-refractivity contribution >= 4 is 34.6 Å². The Kier molecular flexibility index (Phi) is 14.2. The van der Waals surface area contributed by atoms with E-state index in [1.165, 1.54) is 0 Å². The lowest BCUT2D eigenvalue weighted by Gasteiger charge is -2.25. The number of hydrogen-bond acceptors (Lipinski definition) is 7. The van der Waals surface area contributed by atoms with E-state index in [1.807, 2.05) is 67.8 Å². The molecule has 46 heavy (non-hydrogen) atoms. The van der Waals surface area contributed by atoms with Gasteiger partial charge in [0.2, 0.25) is 17.7 Å². The van der Waals surface area contributed by atoms with Crippen LogP contribution in [0.5, 0.6) is 0 Å². The number of aromatic nitrogens is 1. The fourth-order valence-corrected chi connectivity index (χ4v) is 5.78. The van der Waals surface area contributed by atoms with E-state index in [4.69, 9.17) is 10.5 Å². The van der Waals surface area contributed by atoms with Crippen molar-refractivity contribution in [3.63, 3.8) is 0 Å². The number of benzene rings is 2. The molecule has 5 atom stereocenters. The number of nitrogens with two attached hydrogens (primary N) is 1. The first kappa shape index (κ1) is 36.3. The molecule has 4 rings (SSSR count). The quantitative estimate of drug-likeness (QED) is 0.0981. The minimum atomic E-state index is -0.869. The van der Waals surface area contributed by atoms with Gasteiger partial charge in [-0.1, -0.05) is 62.4 Å². The number of rotatable bonds is 17. The van der Waals surface area contributed by atoms with E-state index in [2.05, 4.69) is 26.3 Å². The Morgan fingerprint density at radius 2 is 1.67 bits per heavy atom. The normalized spacial score (nSPS) is 17.8. The first-order valence-corrected chi connectivity index (χ1v) is 15.8. The molecule has 7 N–H and O–H groups in total. The number of carbonyl (C=O) groups is 4. The van der Waals surface area contributed by atoms with Crippen LogP contribution >= 0.6 is 0 Å². The van der Waals surface area contributed by atoms with Crippen molar-refractivity contribution in [3.05, 3.63) is 71.9 Å². The molecular weight excluding hydrogens is 584 g/mol. The third kappa shape index (κ3) is 10.7. The van der Waals surface area contributed by atoms with Crippen LogP contribution in [-0.4, -0.2) is 72.5 Å². The molecule has 2 aromatic carbocycles. The van der Waals surface area contributed by atoms with Crippen molar-refractivity contribution in [1.29, 1.82) is 0 Å². The molecule has 1 fully saturated rings. The maximum atomic E-state index is 13.9. The summed E-state index contributed by atoms with van der Waals surface area (Å²) >= 11 is 0. The second kappa shape index (κ2) is 18.1. The van der Waals surface area contributed by atoms with Crippen LogP contribution in [0.15, 0.2) is 60.8 Å². The highest BCUT2D eigenvalue weighted by molar-refractivity contribution is 5.90. The number of cyclic esters (lactones) is 1. The average molecular weight is 635 g/mol. The van der Waals surface area contributed by atoms with Crippen LogP contribution in [0.3, 0.4) is 0 Å². The average Bonchev–Trinajstić information content (AvgIpc) is 3.57. The van der Waals surface area contributed by atoms with Crippen molar-refractivity contribution in [2.75, 3.05) is 13.6 Å². The Labute approximate surface area is 271 Å². The number of amides is 3. The predicted octanol–water partition coefficient (Wildman–Crippen LogP) is 2.88. The fraction of sp³-hybridized carbons (Fsp3) is 0.486. The van der Waals surface area contributed by atoms with Crippen LogP contribution in [0, 0.1) is 0 Å². The SMILES string of the molecule is C.CN[C@H](CC(=O)N[C@H](Cc1c[nH]c2ccccc12)C(=O)N[C@@H](CCCCN)CC(=O)N[C@@H]1CC(=O)O[C@@H]1C)Cc1ccccc1. The highest BCUT2D eigenvalue weighted by atomic mass is 16.6. The molecule has 1 aliphatic rings. The highest BCUT2D eigenvalue weighted by Gasteiger charge is 2.33. The van der Waals surface area contributed by atoms with Crippen molar-refractivity contribution in [1.82, 2.24) is 26.3 Å². The van der Waals surface area contributed by atoms with Gasteiger partial charge in [-0.25, -0.2) is 0 Å². The monoisotopic (exact) mass is 634 g/mol. The molecule has 0 aliphatic carbocycles. The van der Waals surface area contributed by atoms with Gasteiger partial charge in [0.25, 0.3) is 0 Å². The summed E-state index contributed by atoms with van der Waals surface area (Å²) in [4.78, 5) is 55.2. The summed E-state index contributed by atoms with van der Waals surface area (Å²) in [6.45, 7) is 2.24. The zero-order valence-corrected chi connectivity index (χ0v) is 26.1. The van der Waals surface area contributed by atoms with Crippen LogP contribution in [-0.2, 0) is 36.8 Å². The van der Waals surface area contributed by atoms with Gasteiger partial charge in [0.05, 0.1) is 12.5 Å². The molecule has 0 saturated carbocycles. The molecule has 250 valence electrons. The molecule has 0 bridgehead atoms. The van der Waals surface area contributed by atoms with Crippen LogP contribution in [0.1, 0.15) is 64.0 Å². The van der Waals surface area contributed by atoms with Crippen LogP contribution in [0.2, 0.25) is 0 Å². The Balaban J connectivity index is 0.00000576. The van der Waals surface area contributed by atoms with Crippen molar-refractivity contribution in [3.8, 4) is 0 Å². The lowest BCUT2D eigenvalue weighted by atomic mass is 10.0. The molecule has 1 aromatic heterocycles. The molecule has 11 heteroatoms. The van der Waals surface area contributed by atoms with Gasteiger partial charge in [-0.15, -0.1) is 0 Å². The van der Waals surface area contributed by atoms with Crippen LogP contribution in [0.4, 0.5) is 0 Å². The molecule has 0 radical (unpaired) electrons. The minimum absolute atomic E-state index is 0. The van der Waals surface area contributed by atoms with E-state index in [-0.39, 0.29) is 62.8 Å². The van der Waals surface area contributed by atoms with E-state index in [0.29, 0.717) is 19.4 Å². The van der Waals surface area contributed by atoms with Crippen LogP contribution < -0.4 is 27.0 Å². The lowest BCUT2D eigenvalue weighted by molar-refractivity contribution is -0.141. The summed E-state index contributed by atoms with van der Waals surface area (Å²) in [6, 6.07) is 15.9. The van der Waals surface area contributed by atoms with E-state index >= 15 is 0 Å². The molecule has 0 spiro atoms. The number of carbonyl (C=O) groups excluding carboxylic acids is 4. The number of ether oxygens (including phenoxy) is 1.